The van der Waals surface area contributed by atoms with Crippen LogP contribution in [0.3, 0.4) is 0 Å². The number of nitrogens with one attached hydrogen (secondary N) is 2. The summed E-state index contributed by atoms with van der Waals surface area (Å²) in [6, 6.07) is 13.7. The molecule has 0 saturated heterocycles. The molecule has 3 rings (SSSR count). The molecule has 0 saturated carbocycles. The number of ether oxygens (including phenoxy) is 1. The first-order chi connectivity index (χ1) is 16.6. The van der Waals surface area contributed by atoms with Crippen LogP contribution >= 0.6 is 0 Å². The number of amides is 2. The minimum atomic E-state index is -1.15. The maximum atomic E-state index is 12.6. The molecule has 3 atom stereocenters. The summed E-state index contributed by atoms with van der Waals surface area (Å²) in [7, 11) is 0. The smallest absolute Gasteiger partial charge is 0.336 e. The summed E-state index contributed by atoms with van der Waals surface area (Å²) in [4.78, 5) is 48.3. The summed E-state index contributed by atoms with van der Waals surface area (Å²) in [6.07, 6.45) is -0.980. The molecule has 9 heteroatoms. The van der Waals surface area contributed by atoms with E-state index < -0.39 is 41.6 Å². The van der Waals surface area contributed by atoms with Gasteiger partial charge >= 0.3 is 11.6 Å². The van der Waals surface area contributed by atoms with Crippen molar-refractivity contribution < 1.29 is 28.6 Å². The molecule has 1 unspecified atom stereocenters. The van der Waals surface area contributed by atoms with Crippen molar-refractivity contribution in [2.24, 2.45) is 5.92 Å². The maximum Gasteiger partial charge on any atom is 0.336 e. The van der Waals surface area contributed by atoms with E-state index in [0.29, 0.717) is 16.7 Å². The molecule has 184 valence electrons. The molecule has 0 spiro atoms. The summed E-state index contributed by atoms with van der Waals surface area (Å²) in [5.41, 5.74) is 1.37. The third-order valence-corrected chi connectivity index (χ3v) is 5.47. The molecule has 0 fully saturated rings. The van der Waals surface area contributed by atoms with Crippen molar-refractivity contribution in [1.82, 2.24) is 10.6 Å². The number of hydrogen-bond donors (Lipinski definition) is 3. The number of carboxylic acid groups (broad SMARTS) is 1. The highest BCUT2D eigenvalue weighted by Crippen LogP contribution is 2.29. The molecule has 35 heavy (non-hydrogen) atoms. The lowest BCUT2D eigenvalue weighted by atomic mass is 10.0. The molecule has 1 aromatic heterocycles. The van der Waals surface area contributed by atoms with Gasteiger partial charge in [-0.1, -0.05) is 44.2 Å². The van der Waals surface area contributed by atoms with Gasteiger partial charge in [0.25, 0.3) is 5.91 Å². The lowest BCUT2D eigenvalue weighted by Crippen LogP contribution is -2.53. The Bertz CT molecular complexity index is 1280. The van der Waals surface area contributed by atoms with Crippen molar-refractivity contribution >= 4 is 28.8 Å². The van der Waals surface area contributed by atoms with Gasteiger partial charge in [-0.3, -0.25) is 9.59 Å². The number of rotatable bonds is 9. The molecule has 0 aliphatic heterocycles. The highest BCUT2D eigenvalue weighted by atomic mass is 16.5. The Balaban J connectivity index is 1.71. The second-order valence-corrected chi connectivity index (χ2v) is 8.56. The molecule has 0 bridgehead atoms. The fourth-order valence-electron chi connectivity index (χ4n) is 3.52. The largest absolute Gasteiger partial charge is 0.481 e. The molecule has 0 aliphatic carbocycles. The van der Waals surface area contributed by atoms with E-state index in [-0.39, 0.29) is 5.92 Å². The summed E-state index contributed by atoms with van der Waals surface area (Å²) >= 11 is 0. The third-order valence-electron chi connectivity index (χ3n) is 5.47. The van der Waals surface area contributed by atoms with E-state index in [1.807, 2.05) is 30.3 Å². The zero-order valence-electron chi connectivity index (χ0n) is 19.9. The average Bonchev–Trinajstić information content (AvgIpc) is 2.81. The van der Waals surface area contributed by atoms with Gasteiger partial charge in [-0.05, 0) is 43.0 Å². The molecule has 0 radical (unpaired) electrons. The second-order valence-electron chi connectivity index (χ2n) is 8.56. The number of carboxylic acids is 1. The summed E-state index contributed by atoms with van der Waals surface area (Å²) < 4.78 is 11.0. The van der Waals surface area contributed by atoms with Gasteiger partial charge in [-0.25, -0.2) is 9.59 Å². The molecule has 1 heterocycles. The van der Waals surface area contributed by atoms with E-state index >= 15 is 0 Å². The van der Waals surface area contributed by atoms with Crippen LogP contribution in [0.2, 0.25) is 0 Å². The fourth-order valence-corrected chi connectivity index (χ4v) is 3.52. The first-order valence-corrected chi connectivity index (χ1v) is 11.2. The molecule has 3 aromatic rings. The second kappa shape index (κ2) is 10.9. The van der Waals surface area contributed by atoms with Gasteiger partial charge in [-0.2, -0.15) is 0 Å². The van der Waals surface area contributed by atoms with Crippen molar-refractivity contribution in [1.29, 1.82) is 0 Å². The number of hydrogen-bond acceptors (Lipinski definition) is 6. The quantitative estimate of drug-likeness (QED) is 0.401. The van der Waals surface area contributed by atoms with Gasteiger partial charge in [-0.15, -0.1) is 0 Å². The van der Waals surface area contributed by atoms with Crippen molar-refractivity contribution in [3.8, 4) is 16.9 Å². The van der Waals surface area contributed by atoms with E-state index in [0.717, 1.165) is 11.1 Å². The number of carbonyl (C=O) groups is 3. The predicted octanol–water partition coefficient (Wildman–Crippen LogP) is 2.96. The fraction of sp³-hybridized carbons (Fsp3) is 0.308. The monoisotopic (exact) mass is 480 g/mol. The maximum absolute atomic E-state index is 12.6. The Hall–Kier alpha value is -4.14. The number of aliphatic carboxylic acids is 1. The van der Waals surface area contributed by atoms with Gasteiger partial charge in [0.05, 0.1) is 0 Å². The Kier molecular flexibility index (Phi) is 7.91. The van der Waals surface area contributed by atoms with Crippen LogP contribution in [0, 0.1) is 5.92 Å². The van der Waals surface area contributed by atoms with Gasteiger partial charge < -0.3 is 24.9 Å². The minimum Gasteiger partial charge on any atom is -0.481 e. The van der Waals surface area contributed by atoms with E-state index in [9.17, 15) is 24.3 Å². The molecular formula is C26H28N2O7. The Labute approximate surface area is 202 Å². The molecule has 3 N–H and O–H groups in total. The van der Waals surface area contributed by atoms with E-state index in [1.165, 1.54) is 26.0 Å². The van der Waals surface area contributed by atoms with E-state index in [1.54, 1.807) is 26.0 Å². The van der Waals surface area contributed by atoms with E-state index in [2.05, 4.69) is 10.6 Å². The molecule has 2 aromatic carbocycles. The summed E-state index contributed by atoms with van der Waals surface area (Å²) in [6.45, 7) is 6.31. The van der Waals surface area contributed by atoms with Crippen LogP contribution in [0.4, 0.5) is 0 Å². The SMILES string of the molecule is CC(Oc1ccc2c(-c3ccccc3)cc(=O)oc2c1)C(=O)N[C@H](C)C(=O)N[C@@H](C(=O)O)C(C)C. The molecule has 0 aliphatic rings. The average molecular weight is 481 g/mol. The van der Waals surface area contributed by atoms with Crippen LogP contribution < -0.4 is 21.0 Å². The van der Waals surface area contributed by atoms with Crippen LogP contribution in [0.1, 0.15) is 27.7 Å². The van der Waals surface area contributed by atoms with Crippen LogP contribution in [-0.4, -0.2) is 41.1 Å². The Morgan fingerprint density at radius 1 is 0.914 bits per heavy atom. The van der Waals surface area contributed by atoms with Crippen LogP contribution in [0.15, 0.2) is 63.8 Å². The Morgan fingerprint density at radius 2 is 1.60 bits per heavy atom. The first kappa shape index (κ1) is 25.5. The highest BCUT2D eigenvalue weighted by molar-refractivity contribution is 5.94. The van der Waals surface area contributed by atoms with Gasteiger partial charge in [0.1, 0.15) is 23.4 Å². The predicted molar refractivity (Wildman–Crippen MR) is 130 cm³/mol. The number of fused-ring (bicyclic) bond motifs is 1. The standard InChI is InChI=1S/C26H28N2O7/c1-14(2)23(26(32)33)28-24(30)15(3)27-25(31)16(4)34-18-10-11-19-20(17-8-6-5-7-9-17)13-22(29)35-21(19)12-18/h5-16,23H,1-4H3,(H,27,31)(H,28,30)(H,32,33)/t15-,16?,23-/m1/s1. The van der Waals surface area contributed by atoms with E-state index in [4.69, 9.17) is 9.15 Å². The summed E-state index contributed by atoms with van der Waals surface area (Å²) in [5.74, 6) is -2.36. The van der Waals surface area contributed by atoms with Gasteiger partial charge in [0.15, 0.2) is 6.10 Å². The molecule has 9 nitrogen and oxygen atoms in total. The molecule has 2 amide bonds. The first-order valence-electron chi connectivity index (χ1n) is 11.2. The van der Waals surface area contributed by atoms with Crippen molar-refractivity contribution in [2.75, 3.05) is 0 Å². The topological polar surface area (TPSA) is 135 Å². The lowest BCUT2D eigenvalue weighted by molar-refractivity contribution is -0.143. The van der Waals surface area contributed by atoms with Gasteiger partial charge in [0.2, 0.25) is 5.91 Å². The third kappa shape index (κ3) is 6.26. The number of carbonyl (C=O) groups excluding carboxylic acids is 2. The van der Waals surface area contributed by atoms with Crippen molar-refractivity contribution in [3.63, 3.8) is 0 Å². The number of benzene rings is 2. The molecular weight excluding hydrogens is 452 g/mol. The summed E-state index contributed by atoms with van der Waals surface area (Å²) in [5, 5.41) is 14.9. The zero-order chi connectivity index (χ0) is 25.7. The zero-order valence-corrected chi connectivity index (χ0v) is 19.9. The van der Waals surface area contributed by atoms with Gasteiger partial charge in [0, 0.05) is 17.5 Å². The highest BCUT2D eigenvalue weighted by Gasteiger charge is 2.27. The minimum absolute atomic E-state index is 0.302. The van der Waals surface area contributed by atoms with Crippen LogP contribution in [0.25, 0.3) is 22.1 Å². The Morgan fingerprint density at radius 3 is 2.23 bits per heavy atom. The van der Waals surface area contributed by atoms with Crippen molar-refractivity contribution in [3.05, 3.63) is 65.0 Å². The van der Waals surface area contributed by atoms with Crippen LogP contribution in [0.5, 0.6) is 5.75 Å². The van der Waals surface area contributed by atoms with Crippen molar-refractivity contribution in [2.45, 2.75) is 45.9 Å². The lowest BCUT2D eigenvalue weighted by Gasteiger charge is -2.22. The van der Waals surface area contributed by atoms with Crippen LogP contribution in [-0.2, 0) is 14.4 Å². The normalized spacial score (nSPS) is 13.6.